The number of aromatic nitrogens is 2. The summed E-state index contributed by atoms with van der Waals surface area (Å²) in [5, 5.41) is 13.1. The molecule has 0 aliphatic carbocycles. The van der Waals surface area contributed by atoms with Gasteiger partial charge < -0.3 is 9.84 Å². The molecule has 1 unspecified atom stereocenters. The summed E-state index contributed by atoms with van der Waals surface area (Å²) in [5.74, 6) is -0.359. The van der Waals surface area contributed by atoms with Crippen molar-refractivity contribution in [3.05, 3.63) is 17.5 Å². The van der Waals surface area contributed by atoms with E-state index in [2.05, 4.69) is 10.00 Å². The first-order valence-corrected chi connectivity index (χ1v) is 6.07. The van der Waals surface area contributed by atoms with Crippen LogP contribution in [-0.2, 0) is 18.3 Å². The van der Waals surface area contributed by atoms with E-state index in [0.717, 1.165) is 31.8 Å². The van der Waals surface area contributed by atoms with E-state index in [1.54, 1.807) is 18.8 Å². The van der Waals surface area contributed by atoms with E-state index < -0.39 is 5.97 Å². The average Bonchev–Trinajstić information content (AvgIpc) is 2.89. The van der Waals surface area contributed by atoms with Gasteiger partial charge in [0.1, 0.15) is 5.56 Å². The van der Waals surface area contributed by atoms with Crippen molar-refractivity contribution in [3.63, 3.8) is 0 Å². The van der Waals surface area contributed by atoms with E-state index in [0.29, 0.717) is 18.0 Å². The molecule has 1 atom stereocenters. The Morgan fingerprint density at radius 1 is 1.67 bits per heavy atom. The van der Waals surface area contributed by atoms with Gasteiger partial charge in [-0.2, -0.15) is 5.10 Å². The molecule has 1 N–H and O–H groups in total. The summed E-state index contributed by atoms with van der Waals surface area (Å²) in [4.78, 5) is 13.3. The Labute approximate surface area is 106 Å². The molecule has 1 aromatic rings. The molecule has 0 amide bonds. The SMILES string of the molecule is COCC1CCN(Cc2c(C(=O)O)cnn2C)C1. The standard InChI is InChI=1S/C12H19N3O3/c1-14-11(10(5-13-14)12(16)17)7-15-4-3-9(6-15)8-18-2/h5,9H,3-4,6-8H2,1-2H3,(H,16,17). The monoisotopic (exact) mass is 253 g/mol. The summed E-state index contributed by atoms with van der Waals surface area (Å²) in [6, 6.07) is 0. The minimum Gasteiger partial charge on any atom is -0.478 e. The topological polar surface area (TPSA) is 67.6 Å². The molecule has 0 aromatic carbocycles. The number of ether oxygens (including phenoxy) is 1. The second-order valence-electron chi connectivity index (χ2n) is 4.78. The number of nitrogens with zero attached hydrogens (tertiary/aromatic N) is 3. The van der Waals surface area contributed by atoms with E-state index >= 15 is 0 Å². The molecule has 1 aliphatic rings. The van der Waals surface area contributed by atoms with Gasteiger partial charge in [0.15, 0.2) is 0 Å². The molecule has 18 heavy (non-hydrogen) atoms. The van der Waals surface area contributed by atoms with Crippen molar-refractivity contribution in [3.8, 4) is 0 Å². The van der Waals surface area contributed by atoms with Crippen LogP contribution in [0.3, 0.4) is 0 Å². The number of rotatable bonds is 5. The zero-order valence-corrected chi connectivity index (χ0v) is 10.8. The van der Waals surface area contributed by atoms with Crippen molar-refractivity contribution >= 4 is 5.97 Å². The minimum absolute atomic E-state index is 0.299. The fraction of sp³-hybridized carbons (Fsp3) is 0.667. The lowest BCUT2D eigenvalue weighted by Gasteiger charge is -2.16. The smallest absolute Gasteiger partial charge is 0.339 e. The lowest BCUT2D eigenvalue weighted by atomic mass is 10.1. The molecule has 1 aliphatic heterocycles. The van der Waals surface area contributed by atoms with E-state index in [9.17, 15) is 4.79 Å². The van der Waals surface area contributed by atoms with Crippen LogP contribution in [0.1, 0.15) is 22.5 Å². The molecule has 2 rings (SSSR count). The predicted octanol–water partition coefficient (Wildman–Crippen LogP) is 0.587. The quantitative estimate of drug-likeness (QED) is 0.831. The molecule has 2 heterocycles. The summed E-state index contributed by atoms with van der Waals surface area (Å²) in [6.07, 6.45) is 2.52. The summed E-state index contributed by atoms with van der Waals surface area (Å²) in [7, 11) is 3.50. The van der Waals surface area contributed by atoms with Gasteiger partial charge in [-0.05, 0) is 18.9 Å². The maximum absolute atomic E-state index is 11.1. The van der Waals surface area contributed by atoms with Crippen LogP contribution in [0.4, 0.5) is 0 Å². The third kappa shape index (κ3) is 2.70. The van der Waals surface area contributed by atoms with Gasteiger partial charge in [-0.15, -0.1) is 0 Å². The molecule has 6 nitrogen and oxygen atoms in total. The number of carbonyl (C=O) groups is 1. The fourth-order valence-corrected chi connectivity index (χ4v) is 2.47. The van der Waals surface area contributed by atoms with Crippen LogP contribution in [0, 0.1) is 5.92 Å². The molecular weight excluding hydrogens is 234 g/mol. The molecular formula is C12H19N3O3. The van der Waals surface area contributed by atoms with Crippen LogP contribution < -0.4 is 0 Å². The van der Waals surface area contributed by atoms with Crippen LogP contribution in [0.5, 0.6) is 0 Å². The number of hydrogen-bond acceptors (Lipinski definition) is 4. The number of hydrogen-bond donors (Lipinski definition) is 1. The molecule has 1 saturated heterocycles. The van der Waals surface area contributed by atoms with Gasteiger partial charge >= 0.3 is 5.97 Å². The first kappa shape index (κ1) is 13.0. The Hall–Kier alpha value is -1.40. The van der Waals surface area contributed by atoms with E-state index in [1.165, 1.54) is 6.20 Å². The normalized spacial score (nSPS) is 20.4. The maximum atomic E-state index is 11.1. The number of methoxy groups -OCH3 is 1. The third-order valence-corrected chi connectivity index (χ3v) is 3.44. The van der Waals surface area contributed by atoms with Gasteiger partial charge in [-0.1, -0.05) is 0 Å². The summed E-state index contributed by atoms with van der Waals surface area (Å²) < 4.78 is 6.80. The van der Waals surface area contributed by atoms with Crippen LogP contribution >= 0.6 is 0 Å². The predicted molar refractivity (Wildman–Crippen MR) is 65.4 cm³/mol. The minimum atomic E-state index is -0.911. The molecule has 0 bridgehead atoms. The van der Waals surface area contributed by atoms with Crippen LogP contribution in [0.2, 0.25) is 0 Å². The highest BCUT2D eigenvalue weighted by Crippen LogP contribution is 2.20. The van der Waals surface area contributed by atoms with Crippen molar-refractivity contribution in [2.75, 3.05) is 26.8 Å². The van der Waals surface area contributed by atoms with Gasteiger partial charge in [-0.25, -0.2) is 4.79 Å². The fourth-order valence-electron chi connectivity index (χ4n) is 2.47. The molecule has 0 radical (unpaired) electrons. The zero-order chi connectivity index (χ0) is 13.1. The first-order chi connectivity index (χ1) is 8.61. The second kappa shape index (κ2) is 5.49. The number of carboxylic acids is 1. The first-order valence-electron chi connectivity index (χ1n) is 6.07. The van der Waals surface area contributed by atoms with Gasteiger partial charge in [-0.3, -0.25) is 9.58 Å². The Bertz CT molecular complexity index is 430. The van der Waals surface area contributed by atoms with Crippen LogP contribution in [0.15, 0.2) is 6.20 Å². The lowest BCUT2D eigenvalue weighted by Crippen LogP contribution is -2.24. The highest BCUT2D eigenvalue weighted by Gasteiger charge is 2.25. The van der Waals surface area contributed by atoms with Crippen molar-refractivity contribution in [2.45, 2.75) is 13.0 Å². The van der Waals surface area contributed by atoms with Crippen molar-refractivity contribution in [2.24, 2.45) is 13.0 Å². The van der Waals surface area contributed by atoms with Crippen molar-refractivity contribution in [1.29, 1.82) is 0 Å². The largest absolute Gasteiger partial charge is 0.478 e. The number of aryl methyl sites for hydroxylation is 1. The maximum Gasteiger partial charge on any atom is 0.339 e. The van der Waals surface area contributed by atoms with Crippen molar-refractivity contribution < 1.29 is 14.6 Å². The molecule has 100 valence electrons. The third-order valence-electron chi connectivity index (χ3n) is 3.44. The lowest BCUT2D eigenvalue weighted by molar-refractivity contribution is 0.0694. The van der Waals surface area contributed by atoms with Crippen LogP contribution in [-0.4, -0.2) is 52.6 Å². The Morgan fingerprint density at radius 2 is 2.44 bits per heavy atom. The second-order valence-corrected chi connectivity index (χ2v) is 4.78. The van der Waals surface area contributed by atoms with Gasteiger partial charge in [0.25, 0.3) is 0 Å². The van der Waals surface area contributed by atoms with Gasteiger partial charge in [0.2, 0.25) is 0 Å². The van der Waals surface area contributed by atoms with E-state index in [1.807, 2.05) is 0 Å². The Balaban J connectivity index is 2.02. The number of aromatic carboxylic acids is 1. The van der Waals surface area contributed by atoms with Crippen LogP contribution in [0.25, 0.3) is 0 Å². The summed E-state index contributed by atoms with van der Waals surface area (Å²) >= 11 is 0. The number of likely N-dealkylation sites (tertiary alicyclic amines) is 1. The summed E-state index contributed by atoms with van der Waals surface area (Å²) in [5.41, 5.74) is 1.06. The van der Waals surface area contributed by atoms with E-state index in [4.69, 9.17) is 9.84 Å². The van der Waals surface area contributed by atoms with E-state index in [-0.39, 0.29) is 0 Å². The number of carboxylic acid groups (broad SMARTS) is 1. The van der Waals surface area contributed by atoms with Gasteiger partial charge in [0, 0.05) is 27.2 Å². The molecule has 6 heteroatoms. The Morgan fingerprint density at radius 3 is 3.11 bits per heavy atom. The van der Waals surface area contributed by atoms with Gasteiger partial charge in [0.05, 0.1) is 18.5 Å². The molecule has 0 spiro atoms. The molecule has 0 saturated carbocycles. The molecule has 1 fully saturated rings. The highest BCUT2D eigenvalue weighted by molar-refractivity contribution is 5.88. The average molecular weight is 253 g/mol. The highest BCUT2D eigenvalue weighted by atomic mass is 16.5. The van der Waals surface area contributed by atoms with Crippen molar-refractivity contribution in [1.82, 2.24) is 14.7 Å². The zero-order valence-electron chi connectivity index (χ0n) is 10.8. The Kier molecular flexibility index (Phi) is 3.98. The molecule has 1 aromatic heterocycles. The summed E-state index contributed by atoms with van der Waals surface area (Å²) in [6.45, 7) is 3.35.